The molecule has 2 N–H and O–H groups in total. The van der Waals surface area contributed by atoms with E-state index in [1.165, 1.54) is 17.3 Å². The summed E-state index contributed by atoms with van der Waals surface area (Å²) in [6.45, 7) is 1.41. The quantitative estimate of drug-likeness (QED) is 0.862. The molecule has 1 aromatic heterocycles. The minimum Gasteiger partial charge on any atom is -0.397 e. The Bertz CT molecular complexity index is 639. The smallest absolute Gasteiger partial charge is 0.256 e. The number of pyridine rings is 1. The summed E-state index contributed by atoms with van der Waals surface area (Å²) in [6, 6.07) is 10.0. The first-order chi connectivity index (χ1) is 9.75. The molecule has 0 spiro atoms. The van der Waals surface area contributed by atoms with E-state index in [0.29, 0.717) is 17.8 Å². The van der Waals surface area contributed by atoms with E-state index in [-0.39, 0.29) is 5.91 Å². The third-order valence-corrected chi connectivity index (χ3v) is 3.72. The van der Waals surface area contributed by atoms with Crippen molar-refractivity contribution in [3.05, 3.63) is 59.4 Å². The number of rotatable bonds is 1. The van der Waals surface area contributed by atoms with E-state index >= 15 is 0 Å². The largest absolute Gasteiger partial charge is 0.397 e. The van der Waals surface area contributed by atoms with Gasteiger partial charge in [0.15, 0.2) is 0 Å². The van der Waals surface area contributed by atoms with Crippen LogP contribution in [0.1, 0.15) is 27.9 Å². The molecule has 102 valence electrons. The van der Waals surface area contributed by atoms with Crippen LogP contribution in [0.15, 0.2) is 42.7 Å². The topological polar surface area (TPSA) is 59.2 Å². The fourth-order valence-electron chi connectivity index (χ4n) is 2.65. The van der Waals surface area contributed by atoms with Gasteiger partial charge in [-0.3, -0.25) is 9.78 Å². The first-order valence-corrected chi connectivity index (χ1v) is 6.81. The van der Waals surface area contributed by atoms with Crippen molar-refractivity contribution in [2.75, 3.05) is 12.3 Å². The number of nitrogen functional groups attached to an aromatic ring is 1. The van der Waals surface area contributed by atoms with Gasteiger partial charge in [0.2, 0.25) is 0 Å². The molecule has 4 nitrogen and oxygen atoms in total. The van der Waals surface area contributed by atoms with Gasteiger partial charge in [0.1, 0.15) is 0 Å². The van der Waals surface area contributed by atoms with E-state index < -0.39 is 0 Å². The first-order valence-electron chi connectivity index (χ1n) is 6.81. The predicted molar refractivity (Wildman–Crippen MR) is 78.2 cm³/mol. The van der Waals surface area contributed by atoms with Crippen molar-refractivity contribution < 1.29 is 4.79 Å². The Morgan fingerprint density at radius 3 is 2.80 bits per heavy atom. The number of nitrogens with zero attached hydrogens (tertiary/aromatic N) is 2. The van der Waals surface area contributed by atoms with Crippen molar-refractivity contribution in [3.63, 3.8) is 0 Å². The van der Waals surface area contributed by atoms with Crippen LogP contribution in [0.5, 0.6) is 0 Å². The molecule has 2 aromatic rings. The highest BCUT2D eigenvalue weighted by Gasteiger charge is 2.21. The Morgan fingerprint density at radius 2 is 2.00 bits per heavy atom. The van der Waals surface area contributed by atoms with Crippen molar-refractivity contribution >= 4 is 11.6 Å². The summed E-state index contributed by atoms with van der Waals surface area (Å²) in [6.07, 6.45) is 5.13. The molecule has 0 fully saturated rings. The maximum Gasteiger partial charge on any atom is 0.256 e. The van der Waals surface area contributed by atoms with Gasteiger partial charge < -0.3 is 10.6 Å². The summed E-state index contributed by atoms with van der Waals surface area (Å²) in [4.78, 5) is 18.4. The fraction of sp³-hybridized carbons (Fsp3) is 0.250. The summed E-state index contributed by atoms with van der Waals surface area (Å²) in [5, 5.41) is 0. The maximum atomic E-state index is 12.6. The molecule has 0 saturated heterocycles. The third-order valence-electron chi connectivity index (χ3n) is 3.72. The summed E-state index contributed by atoms with van der Waals surface area (Å²) in [7, 11) is 0. The Hall–Kier alpha value is -2.36. The standard InChI is InChI=1S/C16H17N3O/c17-15-10-18-8-7-14(15)16(20)19-9-3-6-12-4-1-2-5-13(12)11-19/h1-2,4-5,7-8,10H,3,6,9,11,17H2. The zero-order chi connectivity index (χ0) is 13.9. The zero-order valence-corrected chi connectivity index (χ0v) is 11.2. The molecule has 1 amide bonds. The number of fused-ring (bicyclic) bond motifs is 1. The molecule has 0 atom stereocenters. The number of hydrogen-bond donors (Lipinski definition) is 1. The highest BCUT2D eigenvalue weighted by atomic mass is 16.2. The minimum atomic E-state index is -0.0124. The molecule has 0 unspecified atom stereocenters. The van der Waals surface area contributed by atoms with Crippen LogP contribution < -0.4 is 5.73 Å². The van der Waals surface area contributed by atoms with Gasteiger partial charge in [-0.2, -0.15) is 0 Å². The van der Waals surface area contributed by atoms with Crippen LogP contribution in [-0.2, 0) is 13.0 Å². The summed E-state index contributed by atoms with van der Waals surface area (Å²) in [5.41, 5.74) is 9.40. The maximum absolute atomic E-state index is 12.6. The van der Waals surface area contributed by atoms with Gasteiger partial charge in [0, 0.05) is 19.3 Å². The lowest BCUT2D eigenvalue weighted by Gasteiger charge is -2.21. The normalized spacial score (nSPS) is 14.5. The zero-order valence-electron chi connectivity index (χ0n) is 11.2. The van der Waals surface area contributed by atoms with Crippen LogP contribution in [0, 0.1) is 0 Å². The van der Waals surface area contributed by atoms with Crippen LogP contribution in [0.4, 0.5) is 5.69 Å². The Kier molecular flexibility index (Phi) is 3.37. The van der Waals surface area contributed by atoms with E-state index in [4.69, 9.17) is 5.73 Å². The van der Waals surface area contributed by atoms with E-state index in [2.05, 4.69) is 23.2 Å². The predicted octanol–water partition coefficient (Wildman–Crippen LogP) is 2.25. The second-order valence-electron chi connectivity index (χ2n) is 5.06. The van der Waals surface area contributed by atoms with Gasteiger partial charge in [-0.1, -0.05) is 24.3 Å². The molecule has 2 heterocycles. The van der Waals surface area contributed by atoms with Crippen molar-refractivity contribution in [1.82, 2.24) is 9.88 Å². The fourth-order valence-corrected chi connectivity index (χ4v) is 2.65. The molecule has 4 heteroatoms. The first kappa shape index (κ1) is 12.7. The average Bonchev–Trinajstić information content (AvgIpc) is 2.69. The highest BCUT2D eigenvalue weighted by Crippen LogP contribution is 2.21. The van der Waals surface area contributed by atoms with Gasteiger partial charge in [0.05, 0.1) is 17.4 Å². The Balaban J connectivity index is 1.88. The number of carbonyl (C=O) groups is 1. The molecule has 0 saturated carbocycles. The van der Waals surface area contributed by atoms with Crippen LogP contribution >= 0.6 is 0 Å². The van der Waals surface area contributed by atoms with Crippen LogP contribution in [0.2, 0.25) is 0 Å². The van der Waals surface area contributed by atoms with Crippen molar-refractivity contribution in [2.45, 2.75) is 19.4 Å². The van der Waals surface area contributed by atoms with Crippen LogP contribution in [-0.4, -0.2) is 22.3 Å². The lowest BCUT2D eigenvalue weighted by atomic mass is 10.0. The lowest BCUT2D eigenvalue weighted by molar-refractivity contribution is 0.0747. The molecule has 1 aliphatic rings. The van der Waals surface area contributed by atoms with E-state index in [9.17, 15) is 4.79 Å². The minimum absolute atomic E-state index is 0.0124. The summed E-state index contributed by atoms with van der Waals surface area (Å²) >= 11 is 0. The summed E-state index contributed by atoms with van der Waals surface area (Å²) < 4.78 is 0. The van der Waals surface area contributed by atoms with Crippen molar-refractivity contribution in [3.8, 4) is 0 Å². The molecule has 20 heavy (non-hydrogen) atoms. The molecule has 1 aliphatic heterocycles. The monoisotopic (exact) mass is 267 g/mol. The third kappa shape index (κ3) is 2.37. The number of aromatic nitrogens is 1. The van der Waals surface area contributed by atoms with Gasteiger partial charge in [-0.05, 0) is 30.0 Å². The second-order valence-corrected chi connectivity index (χ2v) is 5.06. The van der Waals surface area contributed by atoms with E-state index in [0.717, 1.165) is 19.4 Å². The van der Waals surface area contributed by atoms with Crippen molar-refractivity contribution in [1.29, 1.82) is 0 Å². The van der Waals surface area contributed by atoms with Crippen LogP contribution in [0.3, 0.4) is 0 Å². The number of amides is 1. The molecular formula is C16H17N3O. The number of hydrogen-bond acceptors (Lipinski definition) is 3. The number of benzene rings is 1. The number of anilines is 1. The van der Waals surface area contributed by atoms with Gasteiger partial charge in [-0.15, -0.1) is 0 Å². The number of carbonyl (C=O) groups excluding carboxylic acids is 1. The molecule has 0 radical (unpaired) electrons. The van der Waals surface area contributed by atoms with E-state index in [1.807, 2.05) is 11.0 Å². The SMILES string of the molecule is Nc1cnccc1C(=O)N1CCCc2ccccc2C1. The summed E-state index contributed by atoms with van der Waals surface area (Å²) in [5.74, 6) is -0.0124. The van der Waals surface area contributed by atoms with Gasteiger partial charge in [-0.25, -0.2) is 0 Å². The highest BCUT2D eigenvalue weighted by molar-refractivity contribution is 5.98. The molecule has 3 rings (SSSR count). The molecule has 1 aromatic carbocycles. The van der Waals surface area contributed by atoms with Crippen molar-refractivity contribution in [2.24, 2.45) is 0 Å². The van der Waals surface area contributed by atoms with Crippen LogP contribution in [0.25, 0.3) is 0 Å². The Labute approximate surface area is 118 Å². The number of nitrogens with two attached hydrogens (primary N) is 1. The number of aryl methyl sites for hydroxylation is 1. The van der Waals surface area contributed by atoms with E-state index in [1.54, 1.807) is 12.3 Å². The lowest BCUT2D eigenvalue weighted by Crippen LogP contribution is -2.31. The molecule has 0 bridgehead atoms. The molecule has 0 aliphatic carbocycles. The molecular weight excluding hydrogens is 250 g/mol. The van der Waals surface area contributed by atoms with Gasteiger partial charge in [0.25, 0.3) is 5.91 Å². The average molecular weight is 267 g/mol. The van der Waals surface area contributed by atoms with Gasteiger partial charge >= 0.3 is 0 Å². The Morgan fingerprint density at radius 1 is 1.20 bits per heavy atom. The second kappa shape index (κ2) is 5.33.